The quantitative estimate of drug-likeness (QED) is 0.896. The Morgan fingerprint density at radius 3 is 3.00 bits per heavy atom. The third-order valence-corrected chi connectivity index (χ3v) is 3.21. The van der Waals surface area contributed by atoms with Gasteiger partial charge in [-0.2, -0.15) is 0 Å². The van der Waals surface area contributed by atoms with Crippen molar-refractivity contribution in [3.8, 4) is 11.5 Å². The highest BCUT2D eigenvalue weighted by Gasteiger charge is 2.17. The predicted molar refractivity (Wildman–Crippen MR) is 71.3 cm³/mol. The molecule has 0 saturated carbocycles. The molecule has 1 unspecified atom stereocenters. The average molecular weight is 259 g/mol. The maximum atomic E-state index is 5.49. The van der Waals surface area contributed by atoms with Crippen LogP contribution in [0.15, 0.2) is 41.0 Å². The molecule has 1 aliphatic heterocycles. The molecule has 4 nitrogen and oxygen atoms in total. The summed E-state index contributed by atoms with van der Waals surface area (Å²) in [6.07, 6.45) is 2.58. The molecule has 0 spiro atoms. The number of benzene rings is 1. The molecule has 1 aliphatic rings. The Kier molecular flexibility index (Phi) is 3.42. The Hall–Kier alpha value is -1.94. The SMILES string of the molecule is CC(Cc1ccco1)NCc1cccc2c1OCO2. The second-order valence-electron chi connectivity index (χ2n) is 4.72. The van der Waals surface area contributed by atoms with E-state index in [0.29, 0.717) is 12.8 Å². The number of ether oxygens (including phenoxy) is 2. The minimum Gasteiger partial charge on any atom is -0.469 e. The topological polar surface area (TPSA) is 43.6 Å². The number of fused-ring (bicyclic) bond motifs is 1. The summed E-state index contributed by atoms with van der Waals surface area (Å²) in [5, 5.41) is 3.47. The first-order chi connectivity index (χ1) is 9.33. The first-order valence-corrected chi connectivity index (χ1v) is 6.46. The summed E-state index contributed by atoms with van der Waals surface area (Å²) in [6, 6.07) is 10.2. The number of hydrogen-bond acceptors (Lipinski definition) is 4. The van der Waals surface area contributed by atoms with E-state index in [-0.39, 0.29) is 0 Å². The van der Waals surface area contributed by atoms with Gasteiger partial charge in [-0.05, 0) is 25.1 Å². The minimum absolute atomic E-state index is 0.314. The van der Waals surface area contributed by atoms with Crippen molar-refractivity contribution in [3.63, 3.8) is 0 Å². The largest absolute Gasteiger partial charge is 0.469 e. The van der Waals surface area contributed by atoms with Crippen LogP contribution in [-0.2, 0) is 13.0 Å². The Balaban J connectivity index is 1.59. The molecule has 3 rings (SSSR count). The van der Waals surface area contributed by atoms with Gasteiger partial charge in [0.05, 0.1) is 6.26 Å². The highest BCUT2D eigenvalue weighted by Crippen LogP contribution is 2.35. The number of furan rings is 1. The van der Waals surface area contributed by atoms with Crippen LogP contribution in [0.1, 0.15) is 18.2 Å². The van der Waals surface area contributed by atoms with Crippen molar-refractivity contribution in [1.82, 2.24) is 5.32 Å². The van der Waals surface area contributed by atoms with Crippen LogP contribution in [0, 0.1) is 0 Å². The van der Waals surface area contributed by atoms with Gasteiger partial charge in [0.2, 0.25) is 6.79 Å². The van der Waals surface area contributed by atoms with Crippen molar-refractivity contribution in [2.24, 2.45) is 0 Å². The van der Waals surface area contributed by atoms with Crippen molar-refractivity contribution >= 4 is 0 Å². The molecule has 1 aromatic carbocycles. The lowest BCUT2D eigenvalue weighted by Crippen LogP contribution is -2.27. The van der Waals surface area contributed by atoms with Crippen molar-refractivity contribution < 1.29 is 13.9 Å². The standard InChI is InChI=1S/C15H17NO3/c1-11(8-13-5-3-7-17-13)16-9-12-4-2-6-14-15(12)19-10-18-14/h2-7,11,16H,8-10H2,1H3. The summed E-state index contributed by atoms with van der Waals surface area (Å²) >= 11 is 0. The van der Waals surface area contributed by atoms with Gasteiger partial charge in [0, 0.05) is 24.6 Å². The van der Waals surface area contributed by atoms with E-state index in [1.165, 1.54) is 0 Å². The minimum atomic E-state index is 0.314. The maximum absolute atomic E-state index is 5.49. The smallest absolute Gasteiger partial charge is 0.231 e. The number of nitrogens with one attached hydrogen (secondary N) is 1. The van der Waals surface area contributed by atoms with Gasteiger partial charge in [0.25, 0.3) is 0 Å². The second kappa shape index (κ2) is 5.36. The molecule has 0 bridgehead atoms. The van der Waals surface area contributed by atoms with E-state index >= 15 is 0 Å². The van der Waals surface area contributed by atoms with Crippen LogP contribution in [-0.4, -0.2) is 12.8 Å². The van der Waals surface area contributed by atoms with Crippen LogP contribution < -0.4 is 14.8 Å². The molecule has 0 fully saturated rings. The molecule has 0 radical (unpaired) electrons. The van der Waals surface area contributed by atoms with Gasteiger partial charge >= 0.3 is 0 Å². The molecular weight excluding hydrogens is 242 g/mol. The molecule has 2 heterocycles. The third-order valence-electron chi connectivity index (χ3n) is 3.21. The normalized spacial score (nSPS) is 14.6. The van der Waals surface area contributed by atoms with E-state index < -0.39 is 0 Å². The summed E-state index contributed by atoms with van der Waals surface area (Å²) < 4.78 is 16.2. The van der Waals surface area contributed by atoms with E-state index in [4.69, 9.17) is 13.9 Å². The van der Waals surface area contributed by atoms with E-state index in [9.17, 15) is 0 Å². The zero-order chi connectivity index (χ0) is 13.1. The third kappa shape index (κ3) is 2.74. The van der Waals surface area contributed by atoms with Crippen LogP contribution in [0.3, 0.4) is 0 Å². The second-order valence-corrected chi connectivity index (χ2v) is 4.72. The first-order valence-electron chi connectivity index (χ1n) is 6.46. The van der Waals surface area contributed by atoms with Gasteiger partial charge in [-0.25, -0.2) is 0 Å². The molecule has 1 atom stereocenters. The van der Waals surface area contributed by atoms with Crippen LogP contribution in [0.25, 0.3) is 0 Å². The molecule has 100 valence electrons. The fourth-order valence-electron chi connectivity index (χ4n) is 2.22. The van der Waals surface area contributed by atoms with Gasteiger partial charge < -0.3 is 19.2 Å². The van der Waals surface area contributed by atoms with Crippen molar-refractivity contribution in [2.45, 2.75) is 25.9 Å². The highest BCUT2D eigenvalue weighted by molar-refractivity contribution is 5.48. The summed E-state index contributed by atoms with van der Waals surface area (Å²) in [5.41, 5.74) is 1.13. The van der Waals surface area contributed by atoms with Gasteiger partial charge in [-0.15, -0.1) is 0 Å². The lowest BCUT2D eigenvalue weighted by Gasteiger charge is -2.13. The number of hydrogen-bond donors (Lipinski definition) is 1. The van der Waals surface area contributed by atoms with Gasteiger partial charge in [0.15, 0.2) is 11.5 Å². The first kappa shape index (κ1) is 12.1. The molecule has 1 N–H and O–H groups in total. The van der Waals surface area contributed by atoms with Gasteiger partial charge in [0.1, 0.15) is 5.76 Å². The Morgan fingerprint density at radius 2 is 2.16 bits per heavy atom. The number of rotatable bonds is 5. The highest BCUT2D eigenvalue weighted by atomic mass is 16.7. The summed E-state index contributed by atoms with van der Waals surface area (Å²) in [6.45, 7) is 3.21. The lowest BCUT2D eigenvalue weighted by atomic mass is 10.1. The van der Waals surface area contributed by atoms with Crippen molar-refractivity contribution in [2.75, 3.05) is 6.79 Å². The fraction of sp³-hybridized carbons (Fsp3) is 0.333. The Bertz CT molecular complexity index is 536. The summed E-state index contributed by atoms with van der Waals surface area (Å²) in [5.74, 6) is 2.69. The maximum Gasteiger partial charge on any atom is 0.231 e. The molecule has 1 aromatic heterocycles. The average Bonchev–Trinajstić information content (AvgIpc) is 3.06. The predicted octanol–water partition coefficient (Wildman–Crippen LogP) is 2.73. The summed E-state index contributed by atoms with van der Waals surface area (Å²) in [7, 11) is 0. The van der Waals surface area contributed by atoms with Crippen LogP contribution in [0.2, 0.25) is 0 Å². The summed E-state index contributed by atoms with van der Waals surface area (Å²) in [4.78, 5) is 0. The fourth-order valence-corrected chi connectivity index (χ4v) is 2.22. The van der Waals surface area contributed by atoms with E-state index in [0.717, 1.165) is 35.8 Å². The molecule has 2 aromatic rings. The van der Waals surface area contributed by atoms with E-state index in [1.807, 2.05) is 24.3 Å². The lowest BCUT2D eigenvalue weighted by molar-refractivity contribution is 0.173. The molecule has 0 saturated heterocycles. The Labute approximate surface area is 112 Å². The zero-order valence-electron chi connectivity index (χ0n) is 10.9. The van der Waals surface area contributed by atoms with Crippen molar-refractivity contribution in [1.29, 1.82) is 0 Å². The molecular formula is C15H17NO3. The van der Waals surface area contributed by atoms with Crippen LogP contribution >= 0.6 is 0 Å². The molecule has 0 amide bonds. The molecule has 4 heteroatoms. The van der Waals surface area contributed by atoms with Crippen molar-refractivity contribution in [3.05, 3.63) is 47.9 Å². The van der Waals surface area contributed by atoms with Crippen LogP contribution in [0.4, 0.5) is 0 Å². The Morgan fingerprint density at radius 1 is 1.21 bits per heavy atom. The molecule has 0 aliphatic carbocycles. The van der Waals surface area contributed by atoms with E-state index in [1.54, 1.807) is 6.26 Å². The van der Waals surface area contributed by atoms with Gasteiger partial charge in [-0.3, -0.25) is 0 Å². The number of para-hydroxylation sites is 1. The van der Waals surface area contributed by atoms with Gasteiger partial charge in [-0.1, -0.05) is 12.1 Å². The molecule has 19 heavy (non-hydrogen) atoms. The monoisotopic (exact) mass is 259 g/mol. The van der Waals surface area contributed by atoms with E-state index in [2.05, 4.69) is 18.3 Å². The zero-order valence-corrected chi connectivity index (χ0v) is 10.9. The van der Waals surface area contributed by atoms with Crippen LogP contribution in [0.5, 0.6) is 11.5 Å².